The predicted octanol–water partition coefficient (Wildman–Crippen LogP) is 5.54. The molecule has 1 atom stereocenters. The van der Waals surface area contributed by atoms with Crippen LogP contribution >= 0.6 is 27.5 Å². The average Bonchev–Trinajstić information content (AvgIpc) is 3.25. The minimum atomic E-state index is -1.03. The minimum Gasteiger partial charge on any atom is -0.547 e. The average molecular weight is 536 g/mol. The van der Waals surface area contributed by atoms with E-state index in [9.17, 15) is 9.59 Å². The van der Waals surface area contributed by atoms with Crippen LogP contribution in [0.5, 0.6) is 0 Å². The number of para-hydroxylation sites is 1. The molecule has 0 bridgehead atoms. The van der Waals surface area contributed by atoms with E-state index in [1.165, 1.54) is 11.6 Å². The molecule has 3 aromatic carbocycles. The second-order valence-corrected chi connectivity index (χ2v) is 8.93. The third-order valence-corrected chi connectivity index (χ3v) is 6.27. The molecular formula is C25H18BrClN5O2-. The van der Waals surface area contributed by atoms with Gasteiger partial charge < -0.3 is 15.8 Å². The lowest BCUT2D eigenvalue weighted by atomic mass is 10.1. The number of nitrogens with zero attached hydrogens (tertiary/aromatic N) is 4. The van der Waals surface area contributed by atoms with Crippen molar-refractivity contribution in [1.29, 1.82) is 0 Å². The van der Waals surface area contributed by atoms with Crippen LogP contribution in [-0.2, 0) is 4.79 Å². The summed E-state index contributed by atoms with van der Waals surface area (Å²) < 4.78 is 2.40. The van der Waals surface area contributed by atoms with Crippen LogP contribution in [0.1, 0.15) is 11.6 Å². The third kappa shape index (κ3) is 3.90. The number of carbonyl (C=O) groups excluding carboxylic acids is 1. The summed E-state index contributed by atoms with van der Waals surface area (Å²) in [5.41, 5.74) is 6.42. The fourth-order valence-electron chi connectivity index (χ4n) is 3.85. The molecule has 7 nitrogen and oxygen atoms in total. The van der Waals surface area contributed by atoms with Crippen LogP contribution in [0.25, 0.3) is 22.5 Å². The first-order valence-corrected chi connectivity index (χ1v) is 11.6. The van der Waals surface area contributed by atoms with E-state index in [4.69, 9.17) is 16.6 Å². The van der Waals surface area contributed by atoms with Gasteiger partial charge in [-0.3, -0.25) is 14.2 Å². The summed E-state index contributed by atoms with van der Waals surface area (Å²) in [6, 6.07) is 22.7. The standard InChI is InChI=1S/C25H18BrClN5O2/c1-28-24(33)21-20-23(32(30-21)19-5-3-2-4-6-19)29-22(15-7-9-16(26)10-8-15)31(25(20)34)18-13-11-17(27)12-14-18/h2-14,21H,1H3,(H,28,33)/q-1. The highest BCUT2D eigenvalue weighted by molar-refractivity contribution is 9.10. The van der Waals surface area contributed by atoms with Crippen molar-refractivity contribution in [3.8, 4) is 17.1 Å². The van der Waals surface area contributed by atoms with E-state index in [1.807, 2.05) is 54.6 Å². The molecule has 0 aliphatic carbocycles. The molecule has 1 aliphatic rings. The predicted molar refractivity (Wildman–Crippen MR) is 137 cm³/mol. The van der Waals surface area contributed by atoms with Crippen LogP contribution in [0.3, 0.4) is 0 Å². The molecule has 2 heterocycles. The van der Waals surface area contributed by atoms with E-state index in [-0.39, 0.29) is 11.1 Å². The van der Waals surface area contributed by atoms with E-state index in [1.54, 1.807) is 29.3 Å². The van der Waals surface area contributed by atoms with Crippen molar-refractivity contribution in [3.05, 3.63) is 110 Å². The summed E-state index contributed by atoms with van der Waals surface area (Å²) in [5.74, 6) is 0.359. The lowest BCUT2D eigenvalue weighted by Crippen LogP contribution is -2.31. The Morgan fingerprint density at radius 1 is 1.00 bits per heavy atom. The van der Waals surface area contributed by atoms with Crippen molar-refractivity contribution in [2.24, 2.45) is 0 Å². The Labute approximate surface area is 209 Å². The summed E-state index contributed by atoms with van der Waals surface area (Å²) >= 11 is 9.55. The number of benzene rings is 3. The summed E-state index contributed by atoms with van der Waals surface area (Å²) in [4.78, 5) is 31.7. The molecule has 1 aliphatic heterocycles. The SMILES string of the molecule is CNC(=O)C1[N-]N(c2ccccc2)c2nc(-c3ccc(Br)cc3)n(-c3ccc(Cl)cc3)c(=O)c21. The zero-order chi connectivity index (χ0) is 23.8. The number of rotatable bonds is 4. The fourth-order valence-corrected chi connectivity index (χ4v) is 4.24. The van der Waals surface area contributed by atoms with Crippen molar-refractivity contribution in [2.75, 3.05) is 12.1 Å². The van der Waals surface area contributed by atoms with Gasteiger partial charge in [0.05, 0.1) is 11.3 Å². The van der Waals surface area contributed by atoms with Gasteiger partial charge in [-0.1, -0.05) is 57.9 Å². The number of amides is 1. The van der Waals surface area contributed by atoms with Gasteiger partial charge in [-0.2, -0.15) is 0 Å². The van der Waals surface area contributed by atoms with Crippen molar-refractivity contribution in [3.63, 3.8) is 0 Å². The number of aromatic nitrogens is 2. The molecule has 1 aromatic heterocycles. The number of nitrogens with one attached hydrogen (secondary N) is 1. The van der Waals surface area contributed by atoms with Crippen molar-refractivity contribution >= 4 is 44.9 Å². The van der Waals surface area contributed by atoms with E-state index >= 15 is 0 Å². The highest BCUT2D eigenvalue weighted by atomic mass is 79.9. The number of fused-ring (bicyclic) bond motifs is 1. The zero-order valence-electron chi connectivity index (χ0n) is 17.9. The quantitative estimate of drug-likeness (QED) is 0.372. The largest absolute Gasteiger partial charge is 0.547 e. The first-order chi connectivity index (χ1) is 16.5. The number of hydrogen-bond acceptors (Lipinski definition) is 4. The molecule has 5 rings (SSSR count). The van der Waals surface area contributed by atoms with E-state index < -0.39 is 11.9 Å². The summed E-state index contributed by atoms with van der Waals surface area (Å²) in [6.45, 7) is 0. The van der Waals surface area contributed by atoms with Crippen LogP contribution in [-0.4, -0.2) is 22.5 Å². The van der Waals surface area contributed by atoms with Gasteiger partial charge in [-0.25, -0.2) is 4.98 Å². The van der Waals surface area contributed by atoms with Gasteiger partial charge in [-0.15, -0.1) is 0 Å². The molecule has 9 heteroatoms. The maximum Gasteiger partial charge on any atom is 0.262 e. The molecule has 0 radical (unpaired) electrons. The normalized spacial score (nSPS) is 14.7. The summed E-state index contributed by atoms with van der Waals surface area (Å²) in [7, 11) is 1.52. The Balaban J connectivity index is 1.82. The molecule has 1 N–H and O–H groups in total. The van der Waals surface area contributed by atoms with Gasteiger partial charge in [0.25, 0.3) is 5.56 Å². The molecular weight excluding hydrogens is 518 g/mol. The molecule has 0 saturated carbocycles. The Hall–Kier alpha value is -3.46. The lowest BCUT2D eigenvalue weighted by Gasteiger charge is -2.34. The highest BCUT2D eigenvalue weighted by Gasteiger charge is 2.31. The molecule has 4 aromatic rings. The molecule has 0 spiro atoms. The molecule has 0 fully saturated rings. The van der Waals surface area contributed by atoms with Gasteiger partial charge in [-0.05, 0) is 54.6 Å². The second kappa shape index (κ2) is 9.06. The molecule has 1 amide bonds. The third-order valence-electron chi connectivity index (χ3n) is 5.49. The van der Waals surface area contributed by atoms with Gasteiger partial charge in [0.1, 0.15) is 11.6 Å². The number of carbonyl (C=O) groups is 1. The van der Waals surface area contributed by atoms with Gasteiger partial charge in [0.2, 0.25) is 5.91 Å². The summed E-state index contributed by atoms with van der Waals surface area (Å²) in [5, 5.41) is 4.71. The zero-order valence-corrected chi connectivity index (χ0v) is 20.3. The molecule has 1 unspecified atom stereocenters. The molecule has 170 valence electrons. The fraction of sp³-hybridized carbons (Fsp3) is 0.0800. The van der Waals surface area contributed by atoms with Gasteiger partial charge in [0, 0.05) is 27.8 Å². The molecule has 0 saturated heterocycles. The second-order valence-electron chi connectivity index (χ2n) is 7.58. The Morgan fingerprint density at radius 2 is 1.68 bits per heavy atom. The maximum atomic E-state index is 14.0. The van der Waals surface area contributed by atoms with E-state index in [0.717, 1.165) is 10.0 Å². The van der Waals surface area contributed by atoms with Crippen LogP contribution in [0.15, 0.2) is 88.1 Å². The molecule has 34 heavy (non-hydrogen) atoms. The smallest absolute Gasteiger partial charge is 0.262 e. The Morgan fingerprint density at radius 3 is 2.32 bits per heavy atom. The Kier molecular flexibility index (Phi) is 5.95. The maximum absolute atomic E-state index is 14.0. The van der Waals surface area contributed by atoms with Crippen LogP contribution in [0, 0.1) is 0 Å². The highest BCUT2D eigenvalue weighted by Crippen LogP contribution is 2.44. The number of halogens is 2. The monoisotopic (exact) mass is 534 g/mol. The first kappa shape index (κ1) is 22.3. The first-order valence-electron chi connectivity index (χ1n) is 10.4. The van der Waals surface area contributed by atoms with Crippen molar-refractivity contribution in [1.82, 2.24) is 14.9 Å². The van der Waals surface area contributed by atoms with Crippen molar-refractivity contribution in [2.45, 2.75) is 6.04 Å². The van der Waals surface area contributed by atoms with Crippen LogP contribution < -0.4 is 15.9 Å². The topological polar surface area (TPSA) is 81.3 Å². The van der Waals surface area contributed by atoms with Gasteiger partial charge in [0.15, 0.2) is 0 Å². The van der Waals surface area contributed by atoms with E-state index in [0.29, 0.717) is 28.0 Å². The number of anilines is 2. The van der Waals surface area contributed by atoms with Crippen molar-refractivity contribution < 1.29 is 4.79 Å². The van der Waals surface area contributed by atoms with Crippen LogP contribution in [0.2, 0.25) is 5.02 Å². The number of hydrogen-bond donors (Lipinski definition) is 1. The minimum absolute atomic E-state index is 0.207. The van der Waals surface area contributed by atoms with E-state index in [2.05, 4.69) is 26.7 Å². The number of likely N-dealkylation sites (N-methyl/N-ethyl adjacent to an activating group) is 1. The lowest BCUT2D eigenvalue weighted by molar-refractivity contribution is -0.121. The Bertz CT molecular complexity index is 1420. The van der Waals surface area contributed by atoms with Crippen LogP contribution in [0.4, 0.5) is 11.5 Å². The van der Waals surface area contributed by atoms with Gasteiger partial charge >= 0.3 is 0 Å². The summed E-state index contributed by atoms with van der Waals surface area (Å²) in [6.07, 6.45) is 0.